The van der Waals surface area contributed by atoms with Gasteiger partial charge in [0, 0.05) is 6.42 Å². The van der Waals surface area contributed by atoms with Crippen molar-refractivity contribution in [1.82, 2.24) is 0 Å². The zero-order chi connectivity index (χ0) is 13.8. The van der Waals surface area contributed by atoms with Crippen LogP contribution in [0.15, 0.2) is 12.7 Å². The van der Waals surface area contributed by atoms with Gasteiger partial charge in [-0.1, -0.05) is 19.9 Å². The lowest BCUT2D eigenvalue weighted by molar-refractivity contribution is -0.290. The van der Waals surface area contributed by atoms with Gasteiger partial charge in [-0.15, -0.1) is 6.58 Å². The van der Waals surface area contributed by atoms with Crippen LogP contribution in [-0.4, -0.2) is 30.6 Å². The largest absolute Gasteiger partial charge is 0.465 e. The molecule has 0 radical (unpaired) electrons. The van der Waals surface area contributed by atoms with Gasteiger partial charge in [0.05, 0.1) is 25.2 Å². The normalized spacial score (nSPS) is 26.9. The topological polar surface area (TPSA) is 44.8 Å². The monoisotopic (exact) mass is 256 g/mol. The molecule has 0 spiro atoms. The highest BCUT2D eigenvalue weighted by atomic mass is 16.7. The van der Waals surface area contributed by atoms with Gasteiger partial charge in [-0.25, -0.2) is 0 Å². The molecular weight excluding hydrogens is 232 g/mol. The molecule has 4 heteroatoms. The Bertz CT molecular complexity index is 296. The molecular formula is C14H24O4. The highest BCUT2D eigenvalue weighted by Crippen LogP contribution is 2.28. The number of carbonyl (C=O) groups is 1. The summed E-state index contributed by atoms with van der Waals surface area (Å²) in [7, 11) is 0. The molecule has 0 aromatic carbocycles. The smallest absolute Gasteiger partial charge is 0.308 e. The van der Waals surface area contributed by atoms with Crippen LogP contribution in [-0.2, 0) is 19.0 Å². The van der Waals surface area contributed by atoms with E-state index in [-0.39, 0.29) is 24.6 Å². The summed E-state index contributed by atoms with van der Waals surface area (Å²) in [6.07, 6.45) is 2.41. The predicted molar refractivity (Wildman–Crippen MR) is 69.1 cm³/mol. The van der Waals surface area contributed by atoms with E-state index in [9.17, 15) is 4.79 Å². The van der Waals surface area contributed by atoms with E-state index in [2.05, 4.69) is 6.58 Å². The molecule has 1 aliphatic rings. The van der Waals surface area contributed by atoms with Gasteiger partial charge in [0.2, 0.25) is 0 Å². The van der Waals surface area contributed by atoms with E-state index in [0.717, 1.165) is 0 Å². The third-order valence-corrected chi connectivity index (χ3v) is 2.62. The number of rotatable bonds is 5. The molecule has 0 aliphatic carbocycles. The van der Waals surface area contributed by atoms with Crippen molar-refractivity contribution in [3.8, 4) is 0 Å². The molecule has 0 aromatic rings. The van der Waals surface area contributed by atoms with Crippen LogP contribution >= 0.6 is 0 Å². The van der Waals surface area contributed by atoms with Crippen LogP contribution in [0.25, 0.3) is 0 Å². The Morgan fingerprint density at radius 2 is 2.17 bits per heavy atom. The van der Waals surface area contributed by atoms with Gasteiger partial charge in [-0.3, -0.25) is 4.79 Å². The third-order valence-electron chi connectivity index (χ3n) is 2.62. The zero-order valence-electron chi connectivity index (χ0n) is 11.8. The van der Waals surface area contributed by atoms with E-state index < -0.39 is 5.79 Å². The number of esters is 1. The van der Waals surface area contributed by atoms with Crippen molar-refractivity contribution in [2.75, 3.05) is 6.61 Å². The minimum Gasteiger partial charge on any atom is -0.465 e. The lowest BCUT2D eigenvalue weighted by Gasteiger charge is -2.39. The predicted octanol–water partition coefficient (Wildman–Crippen LogP) is 2.67. The Labute approximate surface area is 109 Å². The summed E-state index contributed by atoms with van der Waals surface area (Å²) in [6.45, 7) is 11.9. The number of carbonyl (C=O) groups excluding carboxylic acids is 1. The molecule has 18 heavy (non-hydrogen) atoms. The van der Waals surface area contributed by atoms with Crippen molar-refractivity contribution >= 4 is 5.97 Å². The van der Waals surface area contributed by atoms with E-state index >= 15 is 0 Å². The summed E-state index contributed by atoms with van der Waals surface area (Å²) in [4.78, 5) is 11.7. The van der Waals surface area contributed by atoms with E-state index in [4.69, 9.17) is 14.2 Å². The Morgan fingerprint density at radius 3 is 2.72 bits per heavy atom. The van der Waals surface area contributed by atoms with E-state index in [1.807, 2.05) is 27.7 Å². The fourth-order valence-corrected chi connectivity index (χ4v) is 1.92. The first-order valence-electron chi connectivity index (χ1n) is 6.46. The van der Waals surface area contributed by atoms with E-state index in [1.54, 1.807) is 6.08 Å². The maximum absolute atomic E-state index is 11.7. The molecule has 1 heterocycles. The summed E-state index contributed by atoms with van der Waals surface area (Å²) in [5.74, 6) is -0.545. The van der Waals surface area contributed by atoms with Gasteiger partial charge < -0.3 is 14.2 Å². The van der Waals surface area contributed by atoms with Crippen LogP contribution in [0.1, 0.15) is 40.5 Å². The fourth-order valence-electron chi connectivity index (χ4n) is 1.92. The van der Waals surface area contributed by atoms with Gasteiger partial charge >= 0.3 is 5.97 Å². The van der Waals surface area contributed by atoms with Crippen molar-refractivity contribution in [3.63, 3.8) is 0 Å². The maximum atomic E-state index is 11.7. The van der Waals surface area contributed by atoms with Crippen LogP contribution < -0.4 is 0 Å². The Balaban J connectivity index is 2.45. The van der Waals surface area contributed by atoms with Crippen LogP contribution in [0.4, 0.5) is 0 Å². The molecule has 0 aromatic heterocycles. The van der Waals surface area contributed by atoms with Gasteiger partial charge in [0.25, 0.3) is 0 Å². The van der Waals surface area contributed by atoms with Crippen LogP contribution in [0.3, 0.4) is 0 Å². The third kappa shape index (κ3) is 5.19. The minimum absolute atomic E-state index is 0.0725. The lowest BCUT2D eigenvalue weighted by Crippen LogP contribution is -2.44. The van der Waals surface area contributed by atoms with Crippen LogP contribution in [0, 0.1) is 5.92 Å². The van der Waals surface area contributed by atoms with Gasteiger partial charge in [-0.05, 0) is 19.8 Å². The van der Waals surface area contributed by atoms with Crippen molar-refractivity contribution in [2.24, 2.45) is 5.92 Å². The fraction of sp³-hybridized carbons (Fsp3) is 0.786. The number of ether oxygens (including phenoxy) is 3. The summed E-state index contributed by atoms with van der Waals surface area (Å²) < 4.78 is 16.5. The molecule has 0 unspecified atom stereocenters. The van der Waals surface area contributed by atoms with Gasteiger partial charge in [-0.2, -0.15) is 0 Å². The number of hydrogen-bond acceptors (Lipinski definition) is 4. The lowest BCUT2D eigenvalue weighted by atomic mass is 10.1. The first kappa shape index (κ1) is 15.2. The minimum atomic E-state index is -0.680. The molecule has 2 atom stereocenters. The molecule has 0 amide bonds. The highest BCUT2D eigenvalue weighted by molar-refractivity contribution is 5.70. The van der Waals surface area contributed by atoms with E-state index in [1.165, 1.54) is 0 Å². The Morgan fingerprint density at radius 1 is 1.50 bits per heavy atom. The number of hydrogen-bond donors (Lipinski definition) is 0. The second-order valence-electron chi connectivity index (χ2n) is 5.55. The van der Waals surface area contributed by atoms with Crippen molar-refractivity contribution in [3.05, 3.63) is 12.7 Å². The van der Waals surface area contributed by atoms with E-state index in [0.29, 0.717) is 18.9 Å². The average molecular weight is 256 g/mol. The quantitative estimate of drug-likeness (QED) is 0.560. The van der Waals surface area contributed by atoms with Gasteiger partial charge in [0.1, 0.15) is 0 Å². The van der Waals surface area contributed by atoms with Crippen molar-refractivity contribution in [1.29, 1.82) is 0 Å². The van der Waals surface area contributed by atoms with Crippen LogP contribution in [0.2, 0.25) is 0 Å². The van der Waals surface area contributed by atoms with Gasteiger partial charge in [0.15, 0.2) is 5.79 Å². The first-order chi connectivity index (χ1) is 8.32. The molecule has 4 nitrogen and oxygen atoms in total. The highest BCUT2D eigenvalue weighted by Gasteiger charge is 2.35. The molecule has 0 bridgehead atoms. The first-order valence-corrected chi connectivity index (χ1v) is 6.46. The molecule has 1 saturated heterocycles. The summed E-state index contributed by atoms with van der Waals surface area (Å²) in [5, 5.41) is 0. The average Bonchev–Trinajstić information content (AvgIpc) is 2.24. The van der Waals surface area contributed by atoms with Crippen molar-refractivity contribution in [2.45, 2.75) is 58.5 Å². The zero-order valence-corrected chi connectivity index (χ0v) is 11.8. The molecule has 0 saturated carbocycles. The summed E-state index contributed by atoms with van der Waals surface area (Å²) >= 11 is 0. The molecule has 104 valence electrons. The molecule has 0 N–H and O–H groups in total. The molecule has 1 aliphatic heterocycles. The Hall–Kier alpha value is -0.870. The standard InChI is InChI=1S/C14H24O4/c1-6-11-7-12(18-14(4,5)17-11)8-13(15)16-9-10(2)3/h6,10-12H,1,7-9H2,2-5H3/t11-,12-/m1/s1. The SMILES string of the molecule is C=C[C@@H]1C[C@H](CC(=O)OCC(C)C)OC(C)(C)O1. The summed E-state index contributed by atoms with van der Waals surface area (Å²) in [6, 6.07) is 0. The summed E-state index contributed by atoms with van der Waals surface area (Å²) in [5.41, 5.74) is 0. The van der Waals surface area contributed by atoms with Crippen molar-refractivity contribution < 1.29 is 19.0 Å². The Kier molecular flexibility index (Phi) is 5.35. The second-order valence-corrected chi connectivity index (χ2v) is 5.55. The maximum Gasteiger partial charge on any atom is 0.308 e. The van der Waals surface area contributed by atoms with Crippen LogP contribution in [0.5, 0.6) is 0 Å². The molecule has 1 fully saturated rings. The second kappa shape index (κ2) is 6.34. The molecule has 1 rings (SSSR count).